The second-order valence-corrected chi connectivity index (χ2v) is 5.84. The number of hydrogen-bond donors (Lipinski definition) is 1. The first-order chi connectivity index (χ1) is 8.21. The second kappa shape index (κ2) is 4.01. The van der Waals surface area contributed by atoms with Gasteiger partial charge in [0.2, 0.25) is 0 Å². The van der Waals surface area contributed by atoms with E-state index < -0.39 is 32.5 Å². The third kappa shape index (κ3) is 2.66. The molecule has 98 valence electrons. The van der Waals surface area contributed by atoms with Crippen molar-refractivity contribution in [1.29, 1.82) is 0 Å². The van der Waals surface area contributed by atoms with E-state index in [0.717, 1.165) is 0 Å². The molecule has 1 aromatic rings. The Morgan fingerprint density at radius 2 is 2.22 bits per heavy atom. The van der Waals surface area contributed by atoms with E-state index in [-0.39, 0.29) is 5.69 Å². The maximum Gasteiger partial charge on any atom is 0.269 e. The maximum absolute atomic E-state index is 10.8. The Morgan fingerprint density at radius 3 is 2.78 bits per heavy atom. The molecule has 1 heterocycles. The molecule has 0 saturated carbocycles. The molecule has 2 rings (SSSR count). The third-order valence-corrected chi connectivity index (χ3v) is 3.68. The first kappa shape index (κ1) is 12.9. The Balaban J connectivity index is 2.21. The molecular weight excluding hydrogens is 262 g/mol. The largest absolute Gasteiger partial charge is 0.360 e. The summed E-state index contributed by atoms with van der Waals surface area (Å²) in [7, 11) is -4.15. The van der Waals surface area contributed by atoms with Gasteiger partial charge in [0, 0.05) is 12.1 Å². The van der Waals surface area contributed by atoms with Crippen molar-refractivity contribution >= 4 is 15.8 Å². The predicted octanol–water partition coefficient (Wildman–Crippen LogP) is 1.31. The van der Waals surface area contributed by atoms with Crippen molar-refractivity contribution in [3.05, 3.63) is 39.9 Å². The van der Waals surface area contributed by atoms with Crippen LogP contribution in [0.3, 0.4) is 0 Å². The van der Waals surface area contributed by atoms with Gasteiger partial charge in [-0.05, 0) is 12.5 Å². The fourth-order valence-corrected chi connectivity index (χ4v) is 2.87. The molecule has 7 nitrogen and oxygen atoms in total. The first-order valence-corrected chi connectivity index (χ1v) is 6.69. The number of hydrogen-bond acceptors (Lipinski definition) is 5. The summed E-state index contributed by atoms with van der Waals surface area (Å²) >= 11 is 0. The van der Waals surface area contributed by atoms with E-state index in [1.165, 1.54) is 25.1 Å². The lowest BCUT2D eigenvalue weighted by atomic mass is 10.0. The predicted molar refractivity (Wildman–Crippen MR) is 61.7 cm³/mol. The summed E-state index contributed by atoms with van der Waals surface area (Å²) in [5, 5.41) is 10.6. The average molecular weight is 273 g/mol. The molecule has 0 aliphatic carbocycles. The van der Waals surface area contributed by atoms with Crippen LogP contribution in [0, 0.1) is 10.1 Å². The number of epoxide rings is 1. The number of nitro groups is 1. The quantitative estimate of drug-likeness (QED) is 0.383. The van der Waals surface area contributed by atoms with E-state index in [0.29, 0.717) is 5.56 Å². The summed E-state index contributed by atoms with van der Waals surface area (Å²) in [5.41, 5.74) is -0.587. The van der Waals surface area contributed by atoms with Gasteiger partial charge in [-0.15, -0.1) is 0 Å². The van der Waals surface area contributed by atoms with Crippen molar-refractivity contribution in [2.75, 3.05) is 5.75 Å². The van der Waals surface area contributed by atoms with Gasteiger partial charge in [-0.25, -0.2) is 0 Å². The summed E-state index contributed by atoms with van der Waals surface area (Å²) < 4.78 is 35.6. The smallest absolute Gasteiger partial charge is 0.269 e. The van der Waals surface area contributed by atoms with Crippen LogP contribution in [-0.2, 0) is 14.9 Å². The number of ether oxygens (including phenoxy) is 1. The zero-order valence-electron chi connectivity index (χ0n) is 9.44. The minimum absolute atomic E-state index is 0.0859. The molecule has 0 aromatic heterocycles. The molecule has 1 aliphatic rings. The summed E-state index contributed by atoms with van der Waals surface area (Å²) in [6.45, 7) is 1.53. The van der Waals surface area contributed by atoms with Gasteiger partial charge in [-0.3, -0.25) is 14.7 Å². The lowest BCUT2D eigenvalue weighted by Crippen LogP contribution is -2.21. The van der Waals surface area contributed by atoms with Crippen molar-refractivity contribution in [3.8, 4) is 0 Å². The highest BCUT2D eigenvalue weighted by atomic mass is 32.2. The number of benzene rings is 1. The van der Waals surface area contributed by atoms with E-state index >= 15 is 0 Å². The molecule has 2 atom stereocenters. The van der Waals surface area contributed by atoms with Crippen LogP contribution in [0.25, 0.3) is 0 Å². The van der Waals surface area contributed by atoms with Crippen LogP contribution < -0.4 is 0 Å². The van der Waals surface area contributed by atoms with Crippen LogP contribution >= 0.6 is 0 Å². The number of rotatable bonds is 4. The molecule has 8 heteroatoms. The van der Waals surface area contributed by atoms with E-state index in [9.17, 15) is 18.5 Å². The van der Waals surface area contributed by atoms with E-state index in [1.54, 1.807) is 6.07 Å². The van der Waals surface area contributed by atoms with Crippen molar-refractivity contribution in [3.63, 3.8) is 0 Å². The molecule has 1 fully saturated rings. The molecule has 0 unspecified atom stereocenters. The van der Waals surface area contributed by atoms with Crippen LogP contribution in [0.4, 0.5) is 5.69 Å². The van der Waals surface area contributed by atoms with Gasteiger partial charge in [-0.2, -0.15) is 8.42 Å². The number of nitro benzene ring substituents is 1. The normalized spacial score (nSPS) is 26.9. The molecule has 0 radical (unpaired) electrons. The highest BCUT2D eigenvalue weighted by molar-refractivity contribution is 7.85. The molecule has 1 aliphatic heterocycles. The SMILES string of the molecule is C[C@@]1(CS(=O)(=O)O)O[C@@H]1c1cccc([N+](=O)[O-])c1. The molecule has 0 spiro atoms. The summed E-state index contributed by atoms with van der Waals surface area (Å²) in [5.74, 6) is -0.534. The summed E-state index contributed by atoms with van der Waals surface area (Å²) in [6, 6.07) is 5.79. The van der Waals surface area contributed by atoms with Crippen molar-refractivity contribution in [1.82, 2.24) is 0 Å². The third-order valence-electron chi connectivity index (χ3n) is 2.74. The van der Waals surface area contributed by atoms with E-state index in [2.05, 4.69) is 0 Å². The van der Waals surface area contributed by atoms with Gasteiger partial charge < -0.3 is 4.74 Å². The molecule has 1 N–H and O–H groups in total. The summed E-state index contributed by atoms with van der Waals surface area (Å²) in [4.78, 5) is 10.1. The Kier molecular flexibility index (Phi) is 2.88. The Labute approximate surface area is 103 Å². The van der Waals surface area contributed by atoms with Crippen LogP contribution in [-0.4, -0.2) is 29.2 Å². The zero-order valence-corrected chi connectivity index (χ0v) is 10.3. The highest BCUT2D eigenvalue weighted by Gasteiger charge is 2.55. The second-order valence-electron chi connectivity index (χ2n) is 4.39. The van der Waals surface area contributed by atoms with Crippen molar-refractivity contribution < 1.29 is 22.6 Å². The van der Waals surface area contributed by atoms with Crippen LogP contribution in [0.2, 0.25) is 0 Å². The standard InChI is InChI=1S/C10H11NO6S/c1-10(6-18(14,15)16)9(17-10)7-3-2-4-8(5-7)11(12)13/h2-5,9H,6H2,1H3,(H,14,15,16)/t9-,10+/m1/s1. The Hall–Kier alpha value is -1.51. The molecule has 1 saturated heterocycles. The molecular formula is C10H11NO6S. The molecule has 0 bridgehead atoms. The minimum Gasteiger partial charge on any atom is -0.360 e. The van der Waals surface area contributed by atoms with Crippen molar-refractivity contribution in [2.45, 2.75) is 18.6 Å². The fraction of sp³-hybridized carbons (Fsp3) is 0.400. The number of non-ortho nitro benzene ring substituents is 1. The summed E-state index contributed by atoms with van der Waals surface area (Å²) in [6.07, 6.45) is -0.556. The Morgan fingerprint density at radius 1 is 1.56 bits per heavy atom. The van der Waals surface area contributed by atoms with Gasteiger partial charge in [0.1, 0.15) is 17.5 Å². The number of nitrogens with zero attached hydrogens (tertiary/aromatic N) is 1. The minimum atomic E-state index is -4.15. The van der Waals surface area contributed by atoms with E-state index in [4.69, 9.17) is 9.29 Å². The van der Waals surface area contributed by atoms with Gasteiger partial charge >= 0.3 is 0 Å². The van der Waals surface area contributed by atoms with Crippen LogP contribution in [0.1, 0.15) is 18.6 Å². The van der Waals surface area contributed by atoms with Crippen LogP contribution in [0.15, 0.2) is 24.3 Å². The lowest BCUT2D eigenvalue weighted by Gasteiger charge is -2.03. The first-order valence-electron chi connectivity index (χ1n) is 5.09. The highest BCUT2D eigenvalue weighted by Crippen LogP contribution is 2.50. The van der Waals surface area contributed by atoms with Gasteiger partial charge in [0.15, 0.2) is 0 Å². The molecule has 0 amide bonds. The fourth-order valence-electron chi connectivity index (χ4n) is 1.93. The topological polar surface area (TPSA) is 110 Å². The van der Waals surface area contributed by atoms with Crippen molar-refractivity contribution in [2.24, 2.45) is 0 Å². The Bertz CT molecular complexity index is 598. The molecule has 1 aromatic carbocycles. The average Bonchev–Trinajstić information content (AvgIpc) is 2.87. The maximum atomic E-state index is 10.8. The zero-order chi connectivity index (χ0) is 13.6. The van der Waals surface area contributed by atoms with Gasteiger partial charge in [0.25, 0.3) is 15.8 Å². The van der Waals surface area contributed by atoms with Gasteiger partial charge in [-0.1, -0.05) is 12.1 Å². The lowest BCUT2D eigenvalue weighted by molar-refractivity contribution is -0.384. The van der Waals surface area contributed by atoms with Gasteiger partial charge in [0.05, 0.1) is 4.92 Å². The molecule has 18 heavy (non-hydrogen) atoms. The monoisotopic (exact) mass is 273 g/mol. The van der Waals surface area contributed by atoms with E-state index in [1.807, 2.05) is 0 Å². The van der Waals surface area contributed by atoms with Crippen LogP contribution in [0.5, 0.6) is 0 Å².